The van der Waals surface area contributed by atoms with Crippen molar-refractivity contribution in [2.75, 3.05) is 0 Å². The van der Waals surface area contributed by atoms with Gasteiger partial charge in [0.05, 0.1) is 0 Å². The molecule has 0 aromatic heterocycles. The minimum absolute atomic E-state index is 0.106. The van der Waals surface area contributed by atoms with Crippen LogP contribution in [0.15, 0.2) is 24.3 Å². The van der Waals surface area contributed by atoms with Crippen molar-refractivity contribution in [3.05, 3.63) is 35.6 Å². The molecule has 2 aliphatic rings. The Bertz CT molecular complexity index is 495. The van der Waals surface area contributed by atoms with Crippen molar-refractivity contribution in [1.29, 1.82) is 0 Å². The summed E-state index contributed by atoms with van der Waals surface area (Å²) in [7, 11) is -0.329. The van der Waals surface area contributed by atoms with Crippen molar-refractivity contribution in [3.8, 4) is 0 Å². The second-order valence-electron chi connectivity index (χ2n) is 9.23. The maximum Gasteiger partial charge on any atom is 0.123 e. The molecule has 0 nitrogen and oxygen atoms in total. The van der Waals surface area contributed by atoms with Crippen LogP contribution >= 0.6 is 0 Å². The van der Waals surface area contributed by atoms with Crippen LogP contribution in [0.4, 0.5) is 4.39 Å². The normalized spacial score (nSPS) is 29.6. The molecule has 1 saturated carbocycles. The molecule has 2 heteroatoms. The third-order valence-electron chi connectivity index (χ3n) is 7.35. The Morgan fingerprint density at radius 3 is 2.08 bits per heavy atom. The summed E-state index contributed by atoms with van der Waals surface area (Å²) < 4.78 is 13.1. The summed E-state index contributed by atoms with van der Waals surface area (Å²) in [4.78, 5) is 0. The van der Waals surface area contributed by atoms with Crippen LogP contribution in [0.2, 0.25) is 18.1 Å². The predicted octanol–water partition coefficient (Wildman–Crippen LogP) is 7.71. The van der Waals surface area contributed by atoms with Crippen LogP contribution in [0.3, 0.4) is 0 Å². The molecule has 0 N–H and O–H groups in total. The highest BCUT2D eigenvalue weighted by Gasteiger charge is 2.25. The van der Waals surface area contributed by atoms with Gasteiger partial charge in [-0.25, -0.2) is 4.39 Å². The number of rotatable bonds is 8. The van der Waals surface area contributed by atoms with Gasteiger partial charge in [-0.3, -0.25) is 0 Å². The van der Waals surface area contributed by atoms with Gasteiger partial charge in [0, 0.05) is 8.80 Å². The minimum Gasteiger partial charge on any atom is -0.207 e. The Morgan fingerprint density at radius 2 is 1.46 bits per heavy atom. The average molecular weight is 375 g/mol. The highest BCUT2D eigenvalue weighted by molar-refractivity contribution is 6.58. The van der Waals surface area contributed by atoms with E-state index in [-0.39, 0.29) is 14.6 Å². The molecule has 3 rings (SSSR count). The Kier molecular flexibility index (Phi) is 8.23. The van der Waals surface area contributed by atoms with E-state index in [0.717, 1.165) is 11.8 Å². The molecular formula is C24H39FSi. The fraction of sp³-hybridized carbons (Fsp3) is 0.750. The Labute approximate surface area is 162 Å². The molecule has 0 bridgehead atoms. The molecular weight excluding hydrogens is 335 g/mol. The zero-order valence-electron chi connectivity index (χ0n) is 16.9. The Balaban J connectivity index is 1.30. The molecule has 0 amide bonds. The van der Waals surface area contributed by atoms with Crippen molar-refractivity contribution < 1.29 is 4.39 Å². The molecule has 26 heavy (non-hydrogen) atoms. The van der Waals surface area contributed by atoms with Crippen molar-refractivity contribution in [2.24, 2.45) is 11.8 Å². The van der Waals surface area contributed by atoms with Crippen LogP contribution < -0.4 is 0 Å². The quantitative estimate of drug-likeness (QED) is 0.323. The monoisotopic (exact) mass is 374 g/mol. The lowest BCUT2D eigenvalue weighted by molar-refractivity contribution is 0.280. The molecule has 146 valence electrons. The lowest BCUT2D eigenvalue weighted by Crippen LogP contribution is -2.22. The summed E-state index contributed by atoms with van der Waals surface area (Å²) in [5.41, 5.74) is 1.36. The lowest BCUT2D eigenvalue weighted by Gasteiger charge is -2.32. The molecule has 0 radical (unpaired) electrons. The second kappa shape index (κ2) is 10.6. The van der Waals surface area contributed by atoms with Crippen LogP contribution in [0.25, 0.3) is 0 Å². The van der Waals surface area contributed by atoms with E-state index < -0.39 is 0 Å². The number of unbranched alkanes of at least 4 members (excludes halogenated alkanes) is 2. The SMILES string of the molecule is CCCCC[Si@H]1CC[C@H](CC[C@H]2CC[C@H](c3ccc(F)cc3)CC2)CC1. The number of hydrogen-bond donors (Lipinski definition) is 0. The van der Waals surface area contributed by atoms with Crippen LogP contribution in [0, 0.1) is 17.7 Å². The first-order valence-electron chi connectivity index (χ1n) is 11.5. The third-order valence-corrected chi connectivity index (χ3v) is 10.9. The number of hydrogen-bond acceptors (Lipinski definition) is 0. The first-order chi connectivity index (χ1) is 12.7. The van der Waals surface area contributed by atoms with Gasteiger partial charge < -0.3 is 0 Å². The van der Waals surface area contributed by atoms with E-state index in [1.807, 2.05) is 12.1 Å². The fourth-order valence-electron chi connectivity index (χ4n) is 5.48. The van der Waals surface area contributed by atoms with Gasteiger partial charge in [-0.15, -0.1) is 0 Å². The molecule has 1 heterocycles. The highest BCUT2D eigenvalue weighted by Crippen LogP contribution is 2.39. The van der Waals surface area contributed by atoms with Crippen LogP contribution in [-0.4, -0.2) is 8.80 Å². The smallest absolute Gasteiger partial charge is 0.123 e. The van der Waals surface area contributed by atoms with E-state index in [1.54, 1.807) is 43.1 Å². The molecule has 1 aromatic rings. The Morgan fingerprint density at radius 1 is 0.846 bits per heavy atom. The van der Waals surface area contributed by atoms with Gasteiger partial charge in [-0.2, -0.15) is 0 Å². The number of benzene rings is 1. The molecule has 0 spiro atoms. The molecule has 0 unspecified atom stereocenters. The first kappa shape index (κ1) is 20.1. The fourth-order valence-corrected chi connectivity index (χ4v) is 9.10. The summed E-state index contributed by atoms with van der Waals surface area (Å²) in [6.45, 7) is 2.32. The van der Waals surface area contributed by atoms with E-state index in [2.05, 4.69) is 6.92 Å². The van der Waals surface area contributed by atoms with E-state index in [9.17, 15) is 4.39 Å². The summed E-state index contributed by atoms with van der Waals surface area (Å²) in [5, 5.41) is 0. The summed E-state index contributed by atoms with van der Waals surface area (Å²) >= 11 is 0. The average Bonchev–Trinajstić information content (AvgIpc) is 2.69. The Hall–Kier alpha value is -0.633. The minimum atomic E-state index is -0.329. The lowest BCUT2D eigenvalue weighted by atomic mass is 9.76. The zero-order valence-corrected chi connectivity index (χ0v) is 18.1. The second-order valence-corrected chi connectivity index (χ2v) is 12.7. The standard InChI is InChI=1S/C24H39FSi/c1-2-3-4-17-26-18-15-21(16-19-26)6-5-20-7-9-22(10-8-20)23-11-13-24(25)14-12-23/h11-14,20-22,26H,2-10,15-19H2,1H3/t20-,21-,22-,26-. The van der Waals surface area contributed by atoms with Crippen LogP contribution in [0.1, 0.15) is 89.0 Å². The molecule has 1 aliphatic carbocycles. The van der Waals surface area contributed by atoms with Gasteiger partial charge >= 0.3 is 0 Å². The highest BCUT2D eigenvalue weighted by atomic mass is 28.3. The zero-order chi connectivity index (χ0) is 18.2. The van der Waals surface area contributed by atoms with E-state index in [1.165, 1.54) is 63.4 Å². The van der Waals surface area contributed by atoms with Gasteiger partial charge in [-0.05, 0) is 61.1 Å². The van der Waals surface area contributed by atoms with Gasteiger partial charge in [-0.1, -0.05) is 82.1 Å². The van der Waals surface area contributed by atoms with Gasteiger partial charge in [0.2, 0.25) is 0 Å². The third kappa shape index (κ3) is 6.22. The first-order valence-corrected chi connectivity index (χ1v) is 13.9. The van der Waals surface area contributed by atoms with E-state index in [4.69, 9.17) is 0 Å². The van der Waals surface area contributed by atoms with E-state index in [0.29, 0.717) is 5.92 Å². The van der Waals surface area contributed by atoms with Crippen molar-refractivity contribution in [2.45, 2.75) is 102 Å². The van der Waals surface area contributed by atoms with Crippen molar-refractivity contribution in [3.63, 3.8) is 0 Å². The topological polar surface area (TPSA) is 0 Å². The van der Waals surface area contributed by atoms with Crippen LogP contribution in [0.5, 0.6) is 0 Å². The molecule has 0 atom stereocenters. The van der Waals surface area contributed by atoms with Crippen LogP contribution in [-0.2, 0) is 0 Å². The summed E-state index contributed by atoms with van der Waals surface area (Å²) in [6, 6.07) is 12.2. The predicted molar refractivity (Wildman–Crippen MR) is 114 cm³/mol. The summed E-state index contributed by atoms with van der Waals surface area (Å²) in [5.74, 6) is 2.59. The van der Waals surface area contributed by atoms with Gasteiger partial charge in [0.1, 0.15) is 5.82 Å². The maximum absolute atomic E-state index is 13.1. The summed E-state index contributed by atoms with van der Waals surface area (Å²) in [6.07, 6.45) is 15.9. The largest absolute Gasteiger partial charge is 0.207 e. The van der Waals surface area contributed by atoms with Gasteiger partial charge in [0.25, 0.3) is 0 Å². The van der Waals surface area contributed by atoms with Crippen molar-refractivity contribution >= 4 is 8.80 Å². The number of halogens is 1. The molecule has 2 fully saturated rings. The molecule has 1 aliphatic heterocycles. The van der Waals surface area contributed by atoms with Crippen molar-refractivity contribution in [1.82, 2.24) is 0 Å². The van der Waals surface area contributed by atoms with E-state index >= 15 is 0 Å². The maximum atomic E-state index is 13.1. The molecule has 1 saturated heterocycles. The molecule has 1 aromatic carbocycles. The van der Waals surface area contributed by atoms with Gasteiger partial charge in [0.15, 0.2) is 0 Å².